The van der Waals surface area contributed by atoms with E-state index in [2.05, 4.69) is 11.1 Å². The Hall–Kier alpha value is -1.59. The van der Waals surface area contributed by atoms with Crippen molar-refractivity contribution in [3.8, 4) is 17.0 Å². The first kappa shape index (κ1) is 15.0. The zero-order chi connectivity index (χ0) is 15.8. The third-order valence-electron chi connectivity index (χ3n) is 5.13. The van der Waals surface area contributed by atoms with Crippen molar-refractivity contribution in [2.24, 2.45) is 11.7 Å². The van der Waals surface area contributed by atoms with Crippen molar-refractivity contribution >= 4 is 16.5 Å². The molecule has 122 valence electrons. The maximum atomic E-state index is 6.11. The van der Waals surface area contributed by atoms with Crippen LogP contribution >= 0.6 is 11.3 Å². The third-order valence-corrected chi connectivity index (χ3v) is 6.18. The summed E-state index contributed by atoms with van der Waals surface area (Å²) in [7, 11) is 0. The lowest BCUT2D eigenvalue weighted by molar-refractivity contribution is 0.240. The van der Waals surface area contributed by atoms with Gasteiger partial charge in [0.05, 0.1) is 12.3 Å². The Morgan fingerprint density at radius 2 is 1.96 bits per heavy atom. The Morgan fingerprint density at radius 1 is 1.17 bits per heavy atom. The molecule has 4 N–H and O–H groups in total. The van der Waals surface area contributed by atoms with Gasteiger partial charge in [0, 0.05) is 22.4 Å². The number of benzene rings is 1. The molecule has 2 aromatic rings. The molecule has 1 aromatic heterocycles. The van der Waals surface area contributed by atoms with Crippen molar-refractivity contribution in [3.05, 3.63) is 29.1 Å². The number of aromatic nitrogens is 1. The topological polar surface area (TPSA) is 74.2 Å². The maximum Gasteiger partial charge on any atom is 0.180 e. The first-order chi connectivity index (χ1) is 11.2. The van der Waals surface area contributed by atoms with E-state index in [-0.39, 0.29) is 0 Å². The van der Waals surface area contributed by atoms with Crippen molar-refractivity contribution in [3.63, 3.8) is 0 Å². The van der Waals surface area contributed by atoms with Crippen LogP contribution in [0.3, 0.4) is 0 Å². The fraction of sp³-hybridized carbons (Fsp3) is 0.500. The Labute approximate surface area is 140 Å². The number of fused-ring (bicyclic) bond motifs is 3. The van der Waals surface area contributed by atoms with E-state index >= 15 is 0 Å². The van der Waals surface area contributed by atoms with Gasteiger partial charge in [-0.15, -0.1) is 11.3 Å². The quantitative estimate of drug-likeness (QED) is 0.879. The summed E-state index contributed by atoms with van der Waals surface area (Å²) in [4.78, 5) is 5.90. The predicted octanol–water partition coefficient (Wildman–Crippen LogP) is 3.78. The van der Waals surface area contributed by atoms with Crippen LogP contribution in [-0.2, 0) is 0 Å². The summed E-state index contributed by atoms with van der Waals surface area (Å²) in [5.74, 6) is 2.04. The number of nitrogens with zero attached hydrogens (tertiary/aromatic N) is 1. The Morgan fingerprint density at radius 3 is 2.78 bits per heavy atom. The summed E-state index contributed by atoms with van der Waals surface area (Å²) in [6, 6.07) is 8.54. The Kier molecular flexibility index (Phi) is 3.99. The molecule has 1 atom stereocenters. The molecule has 1 unspecified atom stereocenters. The van der Waals surface area contributed by atoms with Crippen molar-refractivity contribution in [2.45, 2.75) is 44.1 Å². The molecule has 0 bridgehead atoms. The largest absolute Gasteiger partial charge is 0.492 e. The summed E-state index contributed by atoms with van der Waals surface area (Å²) < 4.78 is 6.11. The van der Waals surface area contributed by atoms with Gasteiger partial charge in [0.15, 0.2) is 5.13 Å². The van der Waals surface area contributed by atoms with Gasteiger partial charge in [0.2, 0.25) is 0 Å². The summed E-state index contributed by atoms with van der Waals surface area (Å²) in [5, 5.41) is 0.655. The minimum atomic E-state index is 0.381. The fourth-order valence-corrected chi connectivity index (χ4v) is 4.82. The predicted molar refractivity (Wildman–Crippen MR) is 94.7 cm³/mol. The molecule has 2 heterocycles. The van der Waals surface area contributed by atoms with E-state index in [0.29, 0.717) is 23.7 Å². The lowest BCUT2D eigenvalue weighted by Gasteiger charge is -2.28. The van der Waals surface area contributed by atoms with Crippen LogP contribution < -0.4 is 16.2 Å². The molecule has 4 rings (SSSR count). The number of rotatable bonds is 2. The molecular weight excluding hydrogens is 306 g/mol. The molecule has 1 aromatic carbocycles. The molecule has 0 spiro atoms. The van der Waals surface area contributed by atoms with Gasteiger partial charge in [0.1, 0.15) is 5.75 Å². The van der Waals surface area contributed by atoms with Gasteiger partial charge in [-0.2, -0.15) is 0 Å². The Bertz CT molecular complexity index is 691. The van der Waals surface area contributed by atoms with E-state index in [1.165, 1.54) is 17.7 Å². The SMILES string of the molecule is Nc1nc2c(s1)C(CC1CCC(N)CC1)COc1ccccc1-2. The normalized spacial score (nSPS) is 26.7. The summed E-state index contributed by atoms with van der Waals surface area (Å²) in [5.41, 5.74) is 14.2. The molecule has 0 radical (unpaired) electrons. The molecule has 0 saturated heterocycles. The van der Waals surface area contributed by atoms with Crippen LogP contribution in [0.5, 0.6) is 5.75 Å². The average molecular weight is 329 g/mol. The zero-order valence-corrected chi connectivity index (χ0v) is 14.0. The molecule has 0 amide bonds. The van der Waals surface area contributed by atoms with Gasteiger partial charge >= 0.3 is 0 Å². The van der Waals surface area contributed by atoms with Crippen LogP contribution in [0.15, 0.2) is 24.3 Å². The lowest BCUT2D eigenvalue weighted by atomic mass is 9.80. The molecule has 2 aliphatic rings. The highest BCUT2D eigenvalue weighted by atomic mass is 32.1. The molecule has 1 fully saturated rings. The minimum Gasteiger partial charge on any atom is -0.492 e. The molecule has 1 aliphatic carbocycles. The maximum absolute atomic E-state index is 6.11. The highest BCUT2D eigenvalue weighted by Gasteiger charge is 2.30. The van der Waals surface area contributed by atoms with E-state index in [9.17, 15) is 0 Å². The number of nitrogens with two attached hydrogens (primary N) is 2. The zero-order valence-electron chi connectivity index (χ0n) is 13.2. The van der Waals surface area contributed by atoms with Crippen molar-refractivity contribution in [1.29, 1.82) is 0 Å². The first-order valence-electron chi connectivity index (χ1n) is 8.44. The van der Waals surface area contributed by atoms with Gasteiger partial charge in [0.25, 0.3) is 0 Å². The summed E-state index contributed by atoms with van der Waals surface area (Å²) in [6.07, 6.45) is 5.91. The highest BCUT2D eigenvalue weighted by Crippen LogP contribution is 2.45. The summed E-state index contributed by atoms with van der Waals surface area (Å²) in [6.45, 7) is 0.716. The smallest absolute Gasteiger partial charge is 0.180 e. The number of thiazole rings is 1. The van der Waals surface area contributed by atoms with E-state index in [0.717, 1.165) is 42.2 Å². The van der Waals surface area contributed by atoms with Crippen LogP contribution in [-0.4, -0.2) is 17.6 Å². The van der Waals surface area contributed by atoms with Gasteiger partial charge in [-0.3, -0.25) is 0 Å². The molecule has 1 aliphatic heterocycles. The van der Waals surface area contributed by atoms with Crippen molar-refractivity contribution in [1.82, 2.24) is 4.98 Å². The minimum absolute atomic E-state index is 0.381. The third kappa shape index (κ3) is 2.95. The van der Waals surface area contributed by atoms with Crippen LogP contribution in [0.1, 0.15) is 42.9 Å². The highest BCUT2D eigenvalue weighted by molar-refractivity contribution is 7.15. The van der Waals surface area contributed by atoms with Gasteiger partial charge in [-0.1, -0.05) is 12.1 Å². The van der Waals surface area contributed by atoms with Crippen molar-refractivity contribution < 1.29 is 4.74 Å². The molecule has 4 nitrogen and oxygen atoms in total. The number of hydrogen-bond donors (Lipinski definition) is 2. The summed E-state index contributed by atoms with van der Waals surface area (Å²) >= 11 is 1.63. The second-order valence-corrected chi connectivity index (χ2v) is 7.85. The number of nitrogen functional groups attached to an aromatic ring is 1. The van der Waals surface area contributed by atoms with E-state index in [1.807, 2.05) is 18.2 Å². The second kappa shape index (κ2) is 6.13. The van der Waals surface area contributed by atoms with Crippen LogP contribution in [0, 0.1) is 5.92 Å². The monoisotopic (exact) mass is 329 g/mol. The number of ether oxygens (including phenoxy) is 1. The number of para-hydroxylation sites is 1. The number of hydrogen-bond acceptors (Lipinski definition) is 5. The molecule has 1 saturated carbocycles. The van der Waals surface area contributed by atoms with Gasteiger partial charge in [-0.05, 0) is 50.2 Å². The average Bonchev–Trinajstić information content (AvgIpc) is 2.89. The fourth-order valence-electron chi connectivity index (χ4n) is 3.87. The van der Waals surface area contributed by atoms with Crippen molar-refractivity contribution in [2.75, 3.05) is 12.3 Å². The standard InChI is InChI=1S/C18H23N3OS/c19-13-7-5-11(6-8-13)9-12-10-22-15-4-2-1-3-14(15)16-17(12)23-18(20)21-16/h1-4,11-13H,5-10,19H2,(H2,20,21). The molecular formula is C18H23N3OS. The van der Waals surface area contributed by atoms with Crippen LogP contribution in [0.2, 0.25) is 0 Å². The lowest BCUT2D eigenvalue weighted by Crippen LogP contribution is -2.27. The van der Waals surface area contributed by atoms with E-state index in [1.54, 1.807) is 11.3 Å². The molecule has 5 heteroatoms. The first-order valence-corrected chi connectivity index (χ1v) is 9.26. The second-order valence-electron chi connectivity index (χ2n) is 6.79. The van der Waals surface area contributed by atoms with Crippen LogP contribution in [0.4, 0.5) is 5.13 Å². The van der Waals surface area contributed by atoms with Gasteiger partial charge in [-0.25, -0.2) is 4.98 Å². The number of anilines is 1. The van der Waals surface area contributed by atoms with Crippen LogP contribution in [0.25, 0.3) is 11.3 Å². The molecule has 23 heavy (non-hydrogen) atoms. The van der Waals surface area contributed by atoms with E-state index in [4.69, 9.17) is 16.2 Å². The Balaban J connectivity index is 1.62. The van der Waals surface area contributed by atoms with E-state index < -0.39 is 0 Å². The van der Waals surface area contributed by atoms with Gasteiger partial charge < -0.3 is 16.2 Å².